The predicted octanol–water partition coefficient (Wildman–Crippen LogP) is -1.62. The lowest BCUT2D eigenvalue weighted by molar-refractivity contribution is -0.147. The molecule has 2 heterocycles. The van der Waals surface area contributed by atoms with Gasteiger partial charge in [-0.25, -0.2) is 0 Å². The lowest BCUT2D eigenvalue weighted by atomic mass is 9.55. The predicted molar refractivity (Wildman–Crippen MR) is 140 cm³/mol. The number of halogens is 3. The minimum Gasteiger partial charge on any atom is -0.357 e. The zero-order chi connectivity index (χ0) is 26.6. The number of benzene rings is 2. The SMILES string of the molecule is BC1CC(=O)NC(=O)[C@@]1(B)N1Cc2cc(C(B)(B)NC(=O)C(F)(F)c3ccc(Cl)cc3)ccc2C1=O. The Balaban J connectivity index is 1.58. The average Bonchev–Trinajstić information content (AvgIpc) is 3.13. The van der Waals surface area contributed by atoms with E-state index >= 15 is 0 Å². The monoisotopic (exact) mass is 509 g/mol. The fourth-order valence-corrected chi connectivity index (χ4v) is 4.83. The van der Waals surface area contributed by atoms with Crippen molar-refractivity contribution in [2.45, 2.75) is 35.5 Å². The van der Waals surface area contributed by atoms with Crippen LogP contribution in [0.25, 0.3) is 0 Å². The summed E-state index contributed by atoms with van der Waals surface area (Å²) in [6.07, 6.45) is 0.106. The Kier molecular flexibility index (Phi) is 6.35. The highest BCUT2D eigenvalue weighted by Gasteiger charge is 2.52. The van der Waals surface area contributed by atoms with E-state index in [1.54, 1.807) is 49.6 Å². The van der Waals surface area contributed by atoms with Crippen molar-refractivity contribution < 1.29 is 28.0 Å². The van der Waals surface area contributed by atoms with Crippen LogP contribution in [0.4, 0.5) is 8.78 Å². The average molecular weight is 509 g/mol. The van der Waals surface area contributed by atoms with E-state index in [4.69, 9.17) is 11.6 Å². The number of alkyl halides is 2. The molecule has 1 unspecified atom stereocenters. The molecule has 182 valence electrons. The van der Waals surface area contributed by atoms with E-state index in [2.05, 4.69) is 10.6 Å². The Morgan fingerprint density at radius 3 is 2.33 bits per heavy atom. The number of imide groups is 1. The van der Waals surface area contributed by atoms with Gasteiger partial charge in [-0.1, -0.05) is 35.9 Å². The molecule has 1 saturated heterocycles. The van der Waals surface area contributed by atoms with Crippen molar-refractivity contribution in [3.63, 3.8) is 0 Å². The number of rotatable bonds is 5. The Bertz CT molecular complexity index is 1290. The summed E-state index contributed by atoms with van der Waals surface area (Å²) in [5, 5.41) is 3.79. The van der Waals surface area contributed by atoms with Gasteiger partial charge >= 0.3 is 5.92 Å². The maximum absolute atomic E-state index is 14.8. The molecule has 4 rings (SSSR count). The van der Waals surface area contributed by atoms with Crippen molar-refractivity contribution in [1.29, 1.82) is 0 Å². The quantitative estimate of drug-likeness (QED) is 0.375. The summed E-state index contributed by atoms with van der Waals surface area (Å²) in [6, 6.07) is 9.61. The van der Waals surface area contributed by atoms with Gasteiger partial charge in [-0.2, -0.15) is 8.78 Å². The minimum atomic E-state index is -3.79. The van der Waals surface area contributed by atoms with Crippen LogP contribution in [0.2, 0.25) is 10.8 Å². The standard InChI is InChI=1S/C22H22B4ClF2N3O4/c23-15-8-16(33)30-18(35)20(15,24)32-9-10-7-12(3-6-14(10)17(32)34)22(25,26)31-19(36)21(28,29)11-1-4-13(27)5-2-11/h1-7,15H,8-9,23-26H2,(H,31,36)(H,30,33,35)/t15?,20-/m0/s1. The number of nitrogens with one attached hydrogen (secondary N) is 2. The molecule has 0 aromatic heterocycles. The van der Waals surface area contributed by atoms with Crippen LogP contribution < -0.4 is 10.6 Å². The number of piperidine rings is 1. The van der Waals surface area contributed by atoms with E-state index in [1.165, 1.54) is 17.0 Å². The van der Waals surface area contributed by atoms with Crippen LogP contribution in [0.1, 0.15) is 33.5 Å². The van der Waals surface area contributed by atoms with Crippen LogP contribution >= 0.6 is 11.6 Å². The molecule has 0 spiro atoms. The first-order chi connectivity index (χ1) is 16.7. The maximum atomic E-state index is 14.8. The number of carbonyl (C=O) groups is 4. The molecule has 2 aromatic carbocycles. The van der Waals surface area contributed by atoms with Gasteiger partial charge in [0.15, 0.2) is 0 Å². The number of hydrogen-bond acceptors (Lipinski definition) is 4. The van der Waals surface area contributed by atoms with Crippen molar-refractivity contribution in [3.8, 4) is 0 Å². The number of carbonyl (C=O) groups excluding carboxylic acids is 4. The van der Waals surface area contributed by atoms with E-state index in [-0.39, 0.29) is 29.8 Å². The summed E-state index contributed by atoms with van der Waals surface area (Å²) in [4.78, 5) is 51.8. The molecule has 0 saturated carbocycles. The first kappa shape index (κ1) is 26.0. The Hall–Kier alpha value is -3.07. The normalized spacial score (nSPS) is 22.2. The minimum absolute atomic E-state index is 0.106. The van der Waals surface area contributed by atoms with Crippen LogP contribution in [-0.2, 0) is 32.2 Å². The van der Waals surface area contributed by atoms with Gasteiger partial charge in [0.25, 0.3) is 11.8 Å². The smallest absolute Gasteiger partial charge is 0.349 e. The second kappa shape index (κ2) is 8.80. The number of nitrogens with zero attached hydrogens (tertiary/aromatic N) is 1. The largest absolute Gasteiger partial charge is 0.357 e. The fourth-order valence-electron chi connectivity index (χ4n) is 4.70. The van der Waals surface area contributed by atoms with Crippen LogP contribution in [-0.4, -0.2) is 65.4 Å². The lowest BCUT2D eigenvalue weighted by Crippen LogP contribution is -2.66. The van der Waals surface area contributed by atoms with Gasteiger partial charge in [0.05, 0.1) is 5.44 Å². The zero-order valence-electron chi connectivity index (χ0n) is 20.2. The molecule has 36 heavy (non-hydrogen) atoms. The molecule has 0 bridgehead atoms. The maximum Gasteiger partial charge on any atom is 0.349 e. The first-order valence-corrected chi connectivity index (χ1v) is 11.8. The second-order valence-electron chi connectivity index (χ2n) is 10.1. The van der Waals surface area contributed by atoms with Crippen molar-refractivity contribution in [3.05, 3.63) is 69.7 Å². The van der Waals surface area contributed by atoms with Crippen LogP contribution in [0.15, 0.2) is 42.5 Å². The molecule has 2 N–H and O–H groups in total. The molecule has 2 aliphatic rings. The molecule has 2 aliphatic heterocycles. The summed E-state index contributed by atoms with van der Waals surface area (Å²) in [5.41, 5.74) is -0.221. The van der Waals surface area contributed by atoms with E-state index in [1.807, 2.05) is 0 Å². The summed E-state index contributed by atoms with van der Waals surface area (Å²) in [7, 11) is 6.55. The highest BCUT2D eigenvalue weighted by Crippen LogP contribution is 2.38. The lowest BCUT2D eigenvalue weighted by Gasteiger charge is -2.44. The molecule has 4 amide bonds. The number of amides is 4. The number of fused-ring (bicyclic) bond motifs is 1. The molecular formula is C22H22B4ClF2N3O4. The summed E-state index contributed by atoms with van der Waals surface area (Å²) in [6.45, 7) is 0.107. The molecular weight excluding hydrogens is 487 g/mol. The van der Waals surface area contributed by atoms with Crippen molar-refractivity contribution >= 4 is 66.6 Å². The van der Waals surface area contributed by atoms with Crippen LogP contribution in [0, 0.1) is 0 Å². The summed E-state index contributed by atoms with van der Waals surface area (Å²) < 4.78 is 29.7. The summed E-state index contributed by atoms with van der Waals surface area (Å²) >= 11 is 5.77. The molecule has 0 radical (unpaired) electrons. The summed E-state index contributed by atoms with van der Waals surface area (Å²) in [5.74, 6) is -6.94. The number of hydrogen-bond donors (Lipinski definition) is 2. The van der Waals surface area contributed by atoms with E-state index in [9.17, 15) is 28.0 Å². The van der Waals surface area contributed by atoms with Crippen molar-refractivity contribution in [2.75, 3.05) is 0 Å². The van der Waals surface area contributed by atoms with Crippen molar-refractivity contribution in [1.82, 2.24) is 15.5 Å². The van der Waals surface area contributed by atoms with E-state index in [0.29, 0.717) is 16.7 Å². The zero-order valence-corrected chi connectivity index (χ0v) is 21.0. The fraction of sp³-hybridized carbons (Fsp3) is 0.273. The third-order valence-corrected chi connectivity index (χ3v) is 7.53. The molecule has 0 aliphatic carbocycles. The Morgan fingerprint density at radius 1 is 1.11 bits per heavy atom. The van der Waals surface area contributed by atoms with Gasteiger partial charge in [0, 0.05) is 34.5 Å². The molecule has 2 aromatic rings. The third-order valence-electron chi connectivity index (χ3n) is 7.27. The molecule has 2 atom stereocenters. The van der Waals surface area contributed by atoms with E-state index in [0.717, 1.165) is 12.1 Å². The highest BCUT2D eigenvalue weighted by molar-refractivity contribution is 6.41. The molecule has 7 nitrogen and oxygen atoms in total. The Labute approximate surface area is 215 Å². The molecule has 1 fully saturated rings. The molecule has 14 heteroatoms. The Morgan fingerprint density at radius 2 is 1.72 bits per heavy atom. The van der Waals surface area contributed by atoms with Gasteiger partial charge in [-0.3, -0.25) is 24.5 Å². The van der Waals surface area contributed by atoms with E-state index < -0.39 is 39.9 Å². The van der Waals surface area contributed by atoms with Gasteiger partial charge < -0.3 is 10.2 Å². The van der Waals surface area contributed by atoms with Gasteiger partial charge in [-0.05, 0) is 35.1 Å². The van der Waals surface area contributed by atoms with Crippen LogP contribution in [0.5, 0.6) is 0 Å². The first-order valence-electron chi connectivity index (χ1n) is 11.4. The third kappa shape index (κ3) is 4.23. The second-order valence-corrected chi connectivity index (χ2v) is 10.5. The van der Waals surface area contributed by atoms with Crippen molar-refractivity contribution in [2.24, 2.45) is 0 Å². The van der Waals surface area contributed by atoms with Gasteiger partial charge in [0.2, 0.25) is 11.8 Å². The van der Waals surface area contributed by atoms with Crippen LogP contribution in [0.3, 0.4) is 0 Å². The van der Waals surface area contributed by atoms with Gasteiger partial charge in [-0.15, -0.1) is 0 Å². The van der Waals surface area contributed by atoms with Gasteiger partial charge in [0.1, 0.15) is 31.4 Å². The topological polar surface area (TPSA) is 95.6 Å². The highest BCUT2D eigenvalue weighted by atomic mass is 35.5.